The van der Waals surface area contributed by atoms with Crippen molar-refractivity contribution in [2.24, 2.45) is 11.8 Å². The van der Waals surface area contributed by atoms with Crippen LogP contribution in [-0.2, 0) is 11.2 Å². The molecule has 7 heteroatoms. The maximum atomic E-state index is 13.7. The Hall–Kier alpha value is -3.58. The molecule has 0 aliphatic carbocycles. The van der Waals surface area contributed by atoms with Gasteiger partial charge in [0.05, 0.1) is 0 Å². The minimum atomic E-state index is -0.902. The molecule has 1 fully saturated rings. The maximum Gasteiger partial charge on any atom is 0.415 e. The maximum absolute atomic E-state index is 13.7. The summed E-state index contributed by atoms with van der Waals surface area (Å²) in [6.07, 6.45) is 3.06. The number of carbonyl (C=O) groups excluding carboxylic acids is 3. The van der Waals surface area contributed by atoms with Crippen molar-refractivity contribution in [2.75, 3.05) is 19.3 Å². The molecule has 0 saturated carbocycles. The molecule has 1 heterocycles. The Morgan fingerprint density at radius 3 is 2.17 bits per heavy atom. The van der Waals surface area contributed by atoms with E-state index < -0.39 is 11.7 Å². The van der Waals surface area contributed by atoms with Crippen LogP contribution in [0.25, 0.3) is 0 Å². The number of rotatable bonds is 10. The number of carbonyl (C=O) groups is 3. The number of aryl methyl sites for hydroxylation is 3. The van der Waals surface area contributed by atoms with E-state index in [0.717, 1.165) is 40.2 Å². The van der Waals surface area contributed by atoms with E-state index in [1.54, 1.807) is 42.6 Å². The highest BCUT2D eigenvalue weighted by atomic mass is 32.2. The molecule has 4 rings (SSSR count). The van der Waals surface area contributed by atoms with Gasteiger partial charge in [-0.25, -0.2) is 4.79 Å². The van der Waals surface area contributed by atoms with E-state index in [1.165, 1.54) is 6.92 Å². The van der Waals surface area contributed by atoms with Crippen LogP contribution in [0.3, 0.4) is 0 Å². The second-order valence-corrected chi connectivity index (χ2v) is 12.2. The number of benzene rings is 3. The summed E-state index contributed by atoms with van der Waals surface area (Å²) in [7, 11) is 0. The molecule has 216 valence electrons. The Morgan fingerprint density at radius 2 is 1.59 bits per heavy atom. The Bertz CT molecular complexity index is 1380. The minimum Gasteiger partial charge on any atom is -0.480 e. The lowest BCUT2D eigenvalue weighted by Gasteiger charge is -2.26. The van der Waals surface area contributed by atoms with Gasteiger partial charge in [-0.2, -0.15) is 0 Å². The average Bonchev–Trinajstić information content (AvgIpc) is 3.38. The lowest BCUT2D eigenvalue weighted by molar-refractivity contribution is -0.129. The third-order valence-electron chi connectivity index (χ3n) is 7.89. The number of hydrogen-bond acceptors (Lipinski definition) is 6. The molecule has 6 nitrogen and oxygen atoms in total. The first-order valence-electron chi connectivity index (χ1n) is 14.0. The van der Waals surface area contributed by atoms with E-state index in [0.29, 0.717) is 24.4 Å². The van der Waals surface area contributed by atoms with Crippen LogP contribution >= 0.6 is 11.8 Å². The molecule has 0 bridgehead atoms. The molecule has 0 spiro atoms. The van der Waals surface area contributed by atoms with Gasteiger partial charge in [0, 0.05) is 29.5 Å². The van der Waals surface area contributed by atoms with E-state index in [2.05, 4.69) is 12.1 Å². The second-order valence-electron chi connectivity index (χ2n) is 11.3. The quantitative estimate of drug-likeness (QED) is 0.187. The zero-order valence-electron chi connectivity index (χ0n) is 24.7. The SMILES string of the molecule is CSc1ccc(C(=O)[C@H]2CN(C(=O)Oc3ccccc3)C[C@@H]2CCc2cc(C)c(OC(C)(C)C(C)=O)c(C)c2)cc1. The van der Waals surface area contributed by atoms with Gasteiger partial charge in [-0.05, 0) is 101 Å². The van der Waals surface area contributed by atoms with Crippen LogP contribution in [0.1, 0.15) is 54.2 Å². The van der Waals surface area contributed by atoms with Crippen LogP contribution < -0.4 is 9.47 Å². The number of likely N-dealkylation sites (tertiary alicyclic amines) is 1. The number of Topliss-reactive ketones (excluding diaryl/α,β-unsaturated/α-hetero) is 2. The second kappa shape index (κ2) is 12.9. The molecule has 0 radical (unpaired) electrons. The Balaban J connectivity index is 1.52. The van der Waals surface area contributed by atoms with Gasteiger partial charge < -0.3 is 14.4 Å². The van der Waals surface area contributed by atoms with Gasteiger partial charge in [0.2, 0.25) is 0 Å². The van der Waals surface area contributed by atoms with Crippen LogP contribution in [0, 0.1) is 25.7 Å². The zero-order chi connectivity index (χ0) is 29.7. The highest BCUT2D eigenvalue weighted by Crippen LogP contribution is 2.34. The number of para-hydroxylation sites is 1. The smallest absolute Gasteiger partial charge is 0.415 e. The van der Waals surface area contributed by atoms with Gasteiger partial charge in [0.15, 0.2) is 17.2 Å². The lowest BCUT2D eigenvalue weighted by atomic mass is 9.84. The van der Waals surface area contributed by atoms with Crippen molar-refractivity contribution in [3.05, 3.63) is 89.0 Å². The Morgan fingerprint density at radius 1 is 0.951 bits per heavy atom. The number of ketones is 2. The molecule has 41 heavy (non-hydrogen) atoms. The van der Waals surface area contributed by atoms with Crippen LogP contribution in [0.2, 0.25) is 0 Å². The van der Waals surface area contributed by atoms with Crippen molar-refractivity contribution in [1.29, 1.82) is 0 Å². The molecule has 3 aromatic carbocycles. The van der Waals surface area contributed by atoms with Gasteiger partial charge in [-0.15, -0.1) is 11.8 Å². The summed E-state index contributed by atoms with van der Waals surface area (Å²) < 4.78 is 11.7. The predicted molar refractivity (Wildman–Crippen MR) is 163 cm³/mol. The number of hydrogen-bond donors (Lipinski definition) is 0. The summed E-state index contributed by atoms with van der Waals surface area (Å²) in [5, 5.41) is 0. The first-order chi connectivity index (χ1) is 19.5. The fraction of sp³-hybridized carbons (Fsp3) is 0.382. The van der Waals surface area contributed by atoms with E-state index in [4.69, 9.17) is 9.47 Å². The summed E-state index contributed by atoms with van der Waals surface area (Å²) >= 11 is 1.63. The molecule has 2 atom stereocenters. The number of amides is 1. The highest BCUT2D eigenvalue weighted by Gasteiger charge is 2.40. The standard InChI is InChI=1S/C34H39NO5S/c1-22-18-25(19-23(2)32(22)40-34(4,5)24(3)36)12-13-27-20-35(33(38)39-28-10-8-7-9-11-28)21-30(27)31(37)26-14-16-29(41-6)17-15-26/h7-11,14-19,27,30H,12-13,20-21H2,1-6H3/t27-,30-/m0/s1. The monoisotopic (exact) mass is 573 g/mol. The zero-order valence-corrected chi connectivity index (χ0v) is 25.5. The van der Waals surface area contributed by atoms with Crippen LogP contribution in [-0.4, -0.2) is 47.5 Å². The van der Waals surface area contributed by atoms with Crippen molar-refractivity contribution in [3.63, 3.8) is 0 Å². The van der Waals surface area contributed by atoms with Crippen molar-refractivity contribution in [3.8, 4) is 11.5 Å². The van der Waals surface area contributed by atoms with Crippen molar-refractivity contribution >= 4 is 29.4 Å². The molecule has 0 N–H and O–H groups in total. The number of thioether (sulfide) groups is 1. The van der Waals surface area contributed by atoms with Crippen molar-refractivity contribution in [2.45, 2.75) is 58.0 Å². The van der Waals surface area contributed by atoms with E-state index in [1.807, 2.05) is 62.6 Å². The molecule has 1 amide bonds. The van der Waals surface area contributed by atoms with Gasteiger partial charge in [-0.3, -0.25) is 9.59 Å². The normalized spacial score (nSPS) is 16.9. The third kappa shape index (κ3) is 7.39. The van der Waals surface area contributed by atoms with Crippen molar-refractivity contribution in [1.82, 2.24) is 4.90 Å². The van der Waals surface area contributed by atoms with Crippen LogP contribution in [0.5, 0.6) is 11.5 Å². The van der Waals surface area contributed by atoms with Crippen LogP contribution in [0.15, 0.2) is 71.6 Å². The van der Waals surface area contributed by atoms with E-state index >= 15 is 0 Å². The lowest BCUT2D eigenvalue weighted by Crippen LogP contribution is -2.36. The number of ether oxygens (including phenoxy) is 2. The Labute approximate surface area is 247 Å². The summed E-state index contributed by atoms with van der Waals surface area (Å²) in [4.78, 5) is 41.5. The first kappa shape index (κ1) is 30.4. The minimum absolute atomic E-state index is 0.0146. The molecule has 0 unspecified atom stereocenters. The van der Waals surface area contributed by atoms with E-state index in [-0.39, 0.29) is 23.4 Å². The fourth-order valence-electron chi connectivity index (χ4n) is 5.26. The summed E-state index contributed by atoms with van der Waals surface area (Å²) in [6.45, 7) is 9.86. The van der Waals surface area contributed by atoms with Gasteiger partial charge in [-0.1, -0.05) is 42.5 Å². The third-order valence-corrected chi connectivity index (χ3v) is 8.63. The molecule has 0 aromatic heterocycles. The number of nitrogens with zero attached hydrogens (tertiary/aromatic N) is 1. The summed E-state index contributed by atoms with van der Waals surface area (Å²) in [6, 6.07) is 20.9. The summed E-state index contributed by atoms with van der Waals surface area (Å²) in [5.74, 6) is 0.902. The van der Waals surface area contributed by atoms with Gasteiger partial charge in [0.1, 0.15) is 11.5 Å². The molecule has 3 aromatic rings. The molecule has 1 aliphatic heterocycles. The first-order valence-corrected chi connectivity index (χ1v) is 15.2. The van der Waals surface area contributed by atoms with Crippen LogP contribution in [0.4, 0.5) is 4.79 Å². The molecule has 1 aliphatic rings. The topological polar surface area (TPSA) is 72.9 Å². The Kier molecular flexibility index (Phi) is 9.59. The largest absolute Gasteiger partial charge is 0.480 e. The molecule has 1 saturated heterocycles. The van der Waals surface area contributed by atoms with E-state index in [9.17, 15) is 14.4 Å². The average molecular weight is 574 g/mol. The predicted octanol–water partition coefficient (Wildman–Crippen LogP) is 7.33. The van der Waals surface area contributed by atoms with Crippen molar-refractivity contribution < 1.29 is 23.9 Å². The van der Waals surface area contributed by atoms with Gasteiger partial charge >= 0.3 is 6.09 Å². The highest BCUT2D eigenvalue weighted by molar-refractivity contribution is 7.98. The summed E-state index contributed by atoms with van der Waals surface area (Å²) in [5.41, 5.74) is 2.83. The fourth-order valence-corrected chi connectivity index (χ4v) is 5.67. The molecular formula is C34H39NO5S. The molecular weight excluding hydrogens is 534 g/mol. The van der Waals surface area contributed by atoms with Gasteiger partial charge in [0.25, 0.3) is 0 Å².